The van der Waals surface area contributed by atoms with Crippen molar-refractivity contribution in [1.82, 2.24) is 15.5 Å². The van der Waals surface area contributed by atoms with E-state index in [1.807, 2.05) is 24.4 Å². The molecule has 28 heavy (non-hydrogen) atoms. The fourth-order valence-electron chi connectivity index (χ4n) is 3.11. The monoisotopic (exact) mass is 397 g/mol. The predicted molar refractivity (Wildman–Crippen MR) is 105 cm³/mol. The van der Waals surface area contributed by atoms with E-state index in [-0.39, 0.29) is 17.4 Å². The minimum Gasteiger partial charge on any atom is -0.361 e. The second-order valence-corrected chi connectivity index (χ2v) is 6.93. The number of rotatable bonds is 6. The number of benzene rings is 2. The molecule has 142 valence electrons. The Morgan fingerprint density at radius 2 is 2.11 bits per heavy atom. The van der Waals surface area contributed by atoms with Crippen molar-refractivity contribution in [2.24, 2.45) is 0 Å². The van der Waals surface area contributed by atoms with Gasteiger partial charge in [0.05, 0.1) is 0 Å². The zero-order valence-electron chi connectivity index (χ0n) is 14.8. The molecule has 7 heteroatoms. The van der Waals surface area contributed by atoms with E-state index < -0.39 is 0 Å². The van der Waals surface area contributed by atoms with Gasteiger partial charge in [-0.25, -0.2) is 4.39 Å². The van der Waals surface area contributed by atoms with Crippen LogP contribution in [0.15, 0.2) is 59.3 Å². The number of carbonyl (C=O) groups excluding carboxylic acids is 1. The topological polar surface area (TPSA) is 70.9 Å². The van der Waals surface area contributed by atoms with Crippen LogP contribution in [0.2, 0.25) is 5.02 Å². The predicted octanol–water partition coefficient (Wildman–Crippen LogP) is 4.51. The molecule has 0 bridgehead atoms. The van der Waals surface area contributed by atoms with E-state index in [9.17, 15) is 9.18 Å². The first-order chi connectivity index (χ1) is 13.6. The SMILES string of the molecule is O=C(NCCc1c[nH]c2ccc(Cl)cc12)c1cc(Cc2cccc(F)c2)on1. The van der Waals surface area contributed by atoms with Gasteiger partial charge in [0.25, 0.3) is 5.91 Å². The Hall–Kier alpha value is -3.12. The normalized spacial score (nSPS) is 11.1. The maximum Gasteiger partial charge on any atom is 0.273 e. The third-order valence-electron chi connectivity index (χ3n) is 4.47. The summed E-state index contributed by atoms with van der Waals surface area (Å²) in [6.07, 6.45) is 2.94. The molecule has 1 amide bonds. The van der Waals surface area contributed by atoms with Crippen molar-refractivity contribution in [2.45, 2.75) is 12.8 Å². The van der Waals surface area contributed by atoms with Gasteiger partial charge in [-0.3, -0.25) is 4.79 Å². The number of fused-ring (bicyclic) bond motifs is 1. The minimum atomic E-state index is -0.313. The van der Waals surface area contributed by atoms with Gasteiger partial charge >= 0.3 is 0 Å². The number of H-pyrrole nitrogens is 1. The Kier molecular flexibility index (Phi) is 5.12. The largest absolute Gasteiger partial charge is 0.361 e. The number of nitrogens with zero attached hydrogens (tertiary/aromatic N) is 1. The van der Waals surface area contributed by atoms with Gasteiger partial charge in [-0.2, -0.15) is 0 Å². The third kappa shape index (κ3) is 4.07. The lowest BCUT2D eigenvalue weighted by molar-refractivity contribution is 0.0945. The van der Waals surface area contributed by atoms with Crippen LogP contribution < -0.4 is 5.32 Å². The molecule has 0 radical (unpaired) electrons. The molecule has 0 fully saturated rings. The lowest BCUT2D eigenvalue weighted by Crippen LogP contribution is -2.25. The fourth-order valence-corrected chi connectivity index (χ4v) is 3.28. The summed E-state index contributed by atoms with van der Waals surface area (Å²) in [7, 11) is 0. The first kappa shape index (κ1) is 18.3. The Balaban J connectivity index is 1.35. The van der Waals surface area contributed by atoms with E-state index in [2.05, 4.69) is 15.5 Å². The van der Waals surface area contributed by atoms with Crippen LogP contribution in [-0.2, 0) is 12.8 Å². The molecule has 2 heterocycles. The van der Waals surface area contributed by atoms with Crippen molar-refractivity contribution >= 4 is 28.4 Å². The zero-order valence-corrected chi connectivity index (χ0v) is 15.6. The number of carbonyl (C=O) groups is 1. The molecule has 4 rings (SSSR count). The van der Waals surface area contributed by atoms with Crippen molar-refractivity contribution in [2.75, 3.05) is 6.54 Å². The summed E-state index contributed by atoms with van der Waals surface area (Å²) in [5.74, 6) is -0.123. The molecule has 0 unspecified atom stereocenters. The van der Waals surface area contributed by atoms with Crippen molar-refractivity contribution in [1.29, 1.82) is 0 Å². The molecule has 0 aliphatic carbocycles. The number of nitrogens with one attached hydrogen (secondary N) is 2. The second kappa shape index (κ2) is 7.86. The van der Waals surface area contributed by atoms with Gasteiger partial charge < -0.3 is 14.8 Å². The molecule has 0 aliphatic rings. The van der Waals surface area contributed by atoms with Gasteiger partial charge in [-0.1, -0.05) is 28.9 Å². The summed E-state index contributed by atoms with van der Waals surface area (Å²) in [6, 6.07) is 13.5. The number of hydrogen-bond donors (Lipinski definition) is 2. The van der Waals surface area contributed by atoms with Crippen molar-refractivity contribution < 1.29 is 13.7 Å². The molecule has 2 aromatic carbocycles. The third-order valence-corrected chi connectivity index (χ3v) is 4.70. The van der Waals surface area contributed by atoms with E-state index in [1.165, 1.54) is 12.1 Å². The van der Waals surface area contributed by atoms with Crippen molar-refractivity contribution in [3.63, 3.8) is 0 Å². The van der Waals surface area contributed by atoms with Crippen LogP contribution in [0.3, 0.4) is 0 Å². The first-order valence-corrected chi connectivity index (χ1v) is 9.20. The number of aromatic nitrogens is 2. The average Bonchev–Trinajstić information content (AvgIpc) is 3.29. The Labute approximate surface area is 165 Å². The lowest BCUT2D eigenvalue weighted by Gasteiger charge is -2.02. The smallest absolute Gasteiger partial charge is 0.273 e. The molecular formula is C21H17ClFN3O2. The summed E-state index contributed by atoms with van der Waals surface area (Å²) < 4.78 is 18.5. The molecule has 0 saturated heterocycles. The summed E-state index contributed by atoms with van der Waals surface area (Å²) in [6.45, 7) is 0.449. The Morgan fingerprint density at radius 3 is 2.96 bits per heavy atom. The first-order valence-electron chi connectivity index (χ1n) is 8.82. The average molecular weight is 398 g/mol. The molecule has 2 N–H and O–H groups in total. The molecule has 4 aromatic rings. The van der Waals surface area contributed by atoms with E-state index in [4.69, 9.17) is 16.1 Å². The van der Waals surface area contributed by atoms with Crippen LogP contribution in [0.5, 0.6) is 0 Å². The minimum absolute atomic E-state index is 0.202. The van der Waals surface area contributed by atoms with Crippen LogP contribution in [0, 0.1) is 5.82 Å². The summed E-state index contributed by atoms with van der Waals surface area (Å²) in [5, 5.41) is 8.36. The highest BCUT2D eigenvalue weighted by Gasteiger charge is 2.13. The zero-order chi connectivity index (χ0) is 19.5. The van der Waals surface area contributed by atoms with E-state index in [1.54, 1.807) is 18.2 Å². The molecule has 0 saturated carbocycles. The Bertz CT molecular complexity index is 1140. The quantitative estimate of drug-likeness (QED) is 0.502. The molecule has 2 aromatic heterocycles. The summed E-state index contributed by atoms with van der Waals surface area (Å²) in [4.78, 5) is 15.5. The van der Waals surface area contributed by atoms with Crippen molar-refractivity contribution in [3.05, 3.63) is 88.1 Å². The number of halogens is 2. The van der Waals surface area contributed by atoms with Gasteiger partial charge in [0.1, 0.15) is 11.6 Å². The highest BCUT2D eigenvalue weighted by atomic mass is 35.5. The van der Waals surface area contributed by atoms with Gasteiger partial charge in [-0.05, 0) is 47.9 Å². The number of aromatic amines is 1. The summed E-state index contributed by atoms with van der Waals surface area (Å²) >= 11 is 6.06. The van der Waals surface area contributed by atoms with Crippen LogP contribution in [0.1, 0.15) is 27.4 Å². The van der Waals surface area contributed by atoms with E-state index in [0.717, 1.165) is 22.0 Å². The van der Waals surface area contributed by atoms with E-state index >= 15 is 0 Å². The summed E-state index contributed by atoms with van der Waals surface area (Å²) in [5.41, 5.74) is 3.03. The molecule has 0 spiro atoms. The Morgan fingerprint density at radius 1 is 1.21 bits per heavy atom. The fraction of sp³-hybridized carbons (Fsp3) is 0.143. The van der Waals surface area contributed by atoms with Crippen LogP contribution >= 0.6 is 11.6 Å². The standard InChI is InChI=1S/C21H17ClFN3O2/c22-15-4-5-19-18(10-15)14(12-25-19)6-7-24-21(27)20-11-17(28-26-20)9-13-2-1-3-16(23)8-13/h1-5,8,10-12,25H,6-7,9H2,(H,24,27). The van der Waals surface area contributed by atoms with Gasteiger partial charge in [-0.15, -0.1) is 0 Å². The molecule has 5 nitrogen and oxygen atoms in total. The van der Waals surface area contributed by atoms with Gasteiger partial charge in [0.15, 0.2) is 5.69 Å². The number of amides is 1. The van der Waals surface area contributed by atoms with Crippen LogP contribution in [-0.4, -0.2) is 22.6 Å². The van der Waals surface area contributed by atoms with Gasteiger partial charge in [0, 0.05) is 41.2 Å². The van der Waals surface area contributed by atoms with E-state index in [0.29, 0.717) is 30.2 Å². The number of hydrogen-bond acceptors (Lipinski definition) is 3. The maximum atomic E-state index is 13.3. The highest BCUT2D eigenvalue weighted by molar-refractivity contribution is 6.31. The maximum absolute atomic E-state index is 13.3. The van der Waals surface area contributed by atoms with Crippen LogP contribution in [0.25, 0.3) is 10.9 Å². The molecule has 0 aliphatic heterocycles. The molecule has 0 atom stereocenters. The van der Waals surface area contributed by atoms with Crippen molar-refractivity contribution in [3.8, 4) is 0 Å². The lowest BCUT2D eigenvalue weighted by atomic mass is 10.1. The second-order valence-electron chi connectivity index (χ2n) is 6.49. The van der Waals surface area contributed by atoms with Crippen LogP contribution in [0.4, 0.5) is 4.39 Å². The van der Waals surface area contributed by atoms with Gasteiger partial charge in [0.2, 0.25) is 0 Å². The molecular weight excluding hydrogens is 381 g/mol. The highest BCUT2D eigenvalue weighted by Crippen LogP contribution is 2.22.